The van der Waals surface area contributed by atoms with Crippen molar-refractivity contribution in [3.05, 3.63) is 92.8 Å². The highest BCUT2D eigenvalue weighted by Crippen LogP contribution is 2.48. The van der Waals surface area contributed by atoms with Crippen molar-refractivity contribution in [1.82, 2.24) is 5.32 Å². The number of nitrogens with one attached hydrogen (secondary N) is 1. The maximum atomic E-state index is 13.6. The Balaban J connectivity index is 1.66. The van der Waals surface area contributed by atoms with Crippen LogP contribution < -0.4 is 9.62 Å². The Morgan fingerprint density at radius 3 is 2.39 bits per heavy atom. The van der Waals surface area contributed by atoms with Crippen molar-refractivity contribution in [2.24, 2.45) is 0 Å². The number of nitro benzene ring substituents is 1. The summed E-state index contributed by atoms with van der Waals surface area (Å²) in [4.78, 5) is 22.9. The van der Waals surface area contributed by atoms with Crippen molar-refractivity contribution < 1.29 is 40.5 Å². The van der Waals surface area contributed by atoms with Gasteiger partial charge in [0.05, 0.1) is 22.7 Å². The van der Waals surface area contributed by atoms with Gasteiger partial charge in [0.1, 0.15) is 22.7 Å². The number of furan rings is 1. The molecule has 1 unspecified atom stereocenters. The van der Waals surface area contributed by atoms with Gasteiger partial charge >= 0.3 is 6.18 Å². The molecule has 5 rings (SSSR count). The summed E-state index contributed by atoms with van der Waals surface area (Å²) in [5, 5.41) is 14.1. The van der Waals surface area contributed by atoms with Gasteiger partial charge in [-0.1, -0.05) is 6.07 Å². The van der Waals surface area contributed by atoms with Crippen LogP contribution >= 0.6 is 0 Å². The molecule has 214 valence electrons. The Hall–Kier alpha value is -4.30. The van der Waals surface area contributed by atoms with Crippen LogP contribution in [0.3, 0.4) is 0 Å². The quantitative estimate of drug-likeness (QED) is 0.113. The molecule has 1 heterocycles. The van der Waals surface area contributed by atoms with Gasteiger partial charge in [0, 0.05) is 41.4 Å². The van der Waals surface area contributed by atoms with Gasteiger partial charge < -0.3 is 14.3 Å². The molecule has 1 amide bonds. The number of nitro groups is 1. The molecular formula is C27H20F4N3O6S-. The Bertz CT molecular complexity index is 1700. The number of carbonyl (C=O) groups excluding carboxylic acids is 1. The normalized spacial score (nSPS) is 14.2. The summed E-state index contributed by atoms with van der Waals surface area (Å²) in [6, 6.07) is 10.6. The zero-order valence-corrected chi connectivity index (χ0v) is 22.0. The minimum atomic E-state index is -5.04. The molecule has 1 fully saturated rings. The van der Waals surface area contributed by atoms with E-state index in [0.29, 0.717) is 41.5 Å². The van der Waals surface area contributed by atoms with Gasteiger partial charge in [-0.05, 0) is 66.3 Å². The molecule has 0 radical (unpaired) electrons. The number of alkyl halides is 3. The van der Waals surface area contributed by atoms with Crippen molar-refractivity contribution in [1.29, 1.82) is 0 Å². The second-order valence-electron chi connectivity index (χ2n) is 9.43. The molecule has 9 nitrogen and oxygen atoms in total. The smallest absolute Gasteiger partial charge is 0.423 e. The monoisotopic (exact) mass is 590 g/mol. The highest BCUT2D eigenvalue weighted by molar-refractivity contribution is 7.80. The van der Waals surface area contributed by atoms with Crippen LogP contribution in [0.4, 0.5) is 28.9 Å². The Labute approximate surface area is 232 Å². The molecule has 14 heteroatoms. The number of anilines is 1. The van der Waals surface area contributed by atoms with E-state index in [4.69, 9.17) is 4.42 Å². The number of benzene rings is 3. The van der Waals surface area contributed by atoms with E-state index in [1.54, 1.807) is 6.07 Å². The summed E-state index contributed by atoms with van der Waals surface area (Å²) in [5.74, 6) is -0.950. The molecule has 1 aliphatic rings. The summed E-state index contributed by atoms with van der Waals surface area (Å²) in [5.41, 5.74) is -1.45. The standard InChI is InChI=1S/C27H21F4N3O6S/c1-32-26(35)24-19-11-18(15-3-4-15)22(12-23(19)40-25(24)16-5-7-17(28)8-6-16)33(41(38)39)13-14-2-9-21(34(36)37)20(10-14)27(29,30)31/h2,5-12,15H,3-4,13H2,1H3,(H,32,35)(H,38,39)/p-1. The Morgan fingerprint density at radius 2 is 1.83 bits per heavy atom. The second kappa shape index (κ2) is 10.6. The van der Waals surface area contributed by atoms with Crippen LogP contribution in [-0.4, -0.2) is 26.6 Å². The van der Waals surface area contributed by atoms with Crippen LogP contribution in [0.15, 0.2) is 59.0 Å². The number of carbonyl (C=O) groups is 1. The van der Waals surface area contributed by atoms with Gasteiger partial charge in [-0.3, -0.25) is 23.4 Å². The SMILES string of the molecule is CNC(=O)c1c(-c2ccc(F)cc2)oc2cc(N(Cc3ccc([N+](=O)[O-])c(C(F)(F)F)c3)S(=O)[O-])c(C3CC3)cc12. The molecule has 1 saturated carbocycles. The molecule has 0 saturated heterocycles. The molecule has 4 aromatic rings. The molecule has 41 heavy (non-hydrogen) atoms. The molecular weight excluding hydrogens is 570 g/mol. The zero-order chi connectivity index (χ0) is 29.6. The highest BCUT2D eigenvalue weighted by Gasteiger charge is 2.39. The van der Waals surface area contributed by atoms with Crippen LogP contribution in [0.2, 0.25) is 0 Å². The molecule has 1 N–H and O–H groups in total. The van der Waals surface area contributed by atoms with Crippen LogP contribution in [-0.2, 0) is 24.0 Å². The average Bonchev–Trinajstić information content (AvgIpc) is 3.70. The fraction of sp³-hybridized carbons (Fsp3) is 0.222. The molecule has 3 aromatic carbocycles. The number of nitrogens with zero attached hydrogens (tertiary/aromatic N) is 2. The lowest BCUT2D eigenvalue weighted by atomic mass is 10.00. The Morgan fingerprint density at radius 1 is 1.15 bits per heavy atom. The number of amides is 1. The molecule has 0 spiro atoms. The number of hydrogen-bond donors (Lipinski definition) is 1. The average molecular weight is 591 g/mol. The van der Waals surface area contributed by atoms with Crippen molar-refractivity contribution in [2.45, 2.75) is 31.5 Å². The van der Waals surface area contributed by atoms with E-state index in [-0.39, 0.29) is 34.1 Å². The summed E-state index contributed by atoms with van der Waals surface area (Å²) >= 11 is -2.98. The van der Waals surface area contributed by atoms with Crippen molar-refractivity contribution in [3.63, 3.8) is 0 Å². The van der Waals surface area contributed by atoms with Gasteiger partial charge in [0.25, 0.3) is 11.6 Å². The van der Waals surface area contributed by atoms with Crippen molar-refractivity contribution in [2.75, 3.05) is 11.4 Å². The first kappa shape index (κ1) is 28.2. The van der Waals surface area contributed by atoms with Crippen molar-refractivity contribution in [3.8, 4) is 11.3 Å². The maximum Gasteiger partial charge on any atom is 0.423 e. The summed E-state index contributed by atoms with van der Waals surface area (Å²) in [7, 11) is 1.42. The lowest BCUT2D eigenvalue weighted by Crippen LogP contribution is -2.26. The second-order valence-corrected chi connectivity index (χ2v) is 10.3. The van der Waals surface area contributed by atoms with Gasteiger partial charge in [0.15, 0.2) is 0 Å². The summed E-state index contributed by atoms with van der Waals surface area (Å²) < 4.78 is 85.9. The number of hydrogen-bond acceptors (Lipinski definition) is 6. The third-order valence-corrected chi connectivity index (χ3v) is 7.44. The minimum Gasteiger partial charge on any atom is -0.755 e. The molecule has 0 bridgehead atoms. The van der Waals surface area contributed by atoms with E-state index >= 15 is 0 Å². The lowest BCUT2D eigenvalue weighted by Gasteiger charge is -2.29. The van der Waals surface area contributed by atoms with Gasteiger partial charge in [-0.15, -0.1) is 0 Å². The molecule has 1 aliphatic carbocycles. The van der Waals surface area contributed by atoms with Gasteiger partial charge in [-0.2, -0.15) is 13.2 Å². The minimum absolute atomic E-state index is 0.0789. The largest absolute Gasteiger partial charge is 0.755 e. The third-order valence-electron chi connectivity index (χ3n) is 6.75. The summed E-state index contributed by atoms with van der Waals surface area (Å²) in [6.07, 6.45) is -3.61. The van der Waals surface area contributed by atoms with Crippen molar-refractivity contribution >= 4 is 39.5 Å². The number of fused-ring (bicyclic) bond motifs is 1. The maximum absolute atomic E-state index is 13.6. The van der Waals surface area contributed by atoms with Crippen LogP contribution in [0.5, 0.6) is 0 Å². The summed E-state index contributed by atoms with van der Waals surface area (Å²) in [6.45, 7) is -0.559. The predicted octanol–water partition coefficient (Wildman–Crippen LogP) is 6.20. The Kier molecular flexibility index (Phi) is 7.30. The number of rotatable bonds is 8. The van der Waals surface area contributed by atoms with E-state index < -0.39 is 51.9 Å². The van der Waals surface area contributed by atoms with Crippen LogP contribution in [0.25, 0.3) is 22.3 Å². The van der Waals surface area contributed by atoms with E-state index in [0.717, 1.165) is 10.4 Å². The molecule has 1 atom stereocenters. The first-order valence-corrected chi connectivity index (χ1v) is 13.2. The topological polar surface area (TPSA) is 129 Å². The van der Waals surface area contributed by atoms with E-state index in [1.807, 2.05) is 0 Å². The fourth-order valence-electron chi connectivity index (χ4n) is 4.69. The van der Waals surface area contributed by atoms with Gasteiger partial charge in [0.2, 0.25) is 0 Å². The van der Waals surface area contributed by atoms with Gasteiger partial charge in [-0.25, -0.2) is 4.39 Å². The first-order valence-electron chi connectivity index (χ1n) is 12.2. The highest BCUT2D eigenvalue weighted by atomic mass is 32.2. The van der Waals surface area contributed by atoms with Crippen LogP contribution in [0.1, 0.15) is 45.8 Å². The van der Waals surface area contributed by atoms with E-state index in [2.05, 4.69) is 5.32 Å². The lowest BCUT2D eigenvalue weighted by molar-refractivity contribution is -0.388. The fourth-order valence-corrected chi connectivity index (χ4v) is 5.27. The first-order chi connectivity index (χ1) is 19.4. The predicted molar refractivity (Wildman–Crippen MR) is 140 cm³/mol. The zero-order valence-electron chi connectivity index (χ0n) is 21.2. The van der Waals surface area contributed by atoms with E-state index in [9.17, 15) is 41.2 Å². The molecule has 1 aromatic heterocycles. The molecule has 0 aliphatic heterocycles. The van der Waals surface area contributed by atoms with Crippen LogP contribution in [0, 0.1) is 15.9 Å². The third kappa shape index (κ3) is 5.52. The number of halogens is 4. The van der Waals surface area contributed by atoms with E-state index in [1.165, 1.54) is 37.4 Å².